The largest absolute Gasteiger partial charge is 0.481 e. The van der Waals surface area contributed by atoms with Crippen molar-refractivity contribution in [2.24, 2.45) is 44.3 Å². The van der Waals surface area contributed by atoms with E-state index in [0.717, 1.165) is 32.1 Å². The summed E-state index contributed by atoms with van der Waals surface area (Å²) in [5, 5.41) is 21.0. The van der Waals surface area contributed by atoms with Crippen molar-refractivity contribution < 1.29 is 15.0 Å². The van der Waals surface area contributed by atoms with Gasteiger partial charge in [-0.25, -0.2) is 0 Å². The second kappa shape index (κ2) is 6.89. The number of carboxylic acid groups (broad SMARTS) is 1. The summed E-state index contributed by atoms with van der Waals surface area (Å²) >= 11 is 0. The van der Waals surface area contributed by atoms with Crippen LogP contribution in [0.25, 0.3) is 0 Å². The van der Waals surface area contributed by atoms with Crippen LogP contribution in [-0.4, -0.2) is 22.3 Å². The Bertz CT molecular complexity index is 902. The molecule has 1 unspecified atom stereocenters. The number of rotatable bonds is 1. The summed E-state index contributed by atoms with van der Waals surface area (Å²) in [4.78, 5) is 12.3. The van der Waals surface area contributed by atoms with Crippen molar-refractivity contribution in [2.45, 2.75) is 125 Å². The minimum absolute atomic E-state index is 0.0228. The Morgan fingerprint density at radius 2 is 1.45 bits per heavy atom. The molecule has 0 aliphatic heterocycles. The number of carboxylic acids is 1. The van der Waals surface area contributed by atoms with Crippen LogP contribution in [0.1, 0.15) is 119 Å². The second-order valence-electron chi connectivity index (χ2n) is 14.9. The van der Waals surface area contributed by atoms with E-state index < -0.39 is 11.4 Å². The summed E-state index contributed by atoms with van der Waals surface area (Å²) in [6.07, 6.45) is 11.8. The average Bonchev–Trinajstić information content (AvgIpc) is 2.74. The molecule has 3 heteroatoms. The summed E-state index contributed by atoms with van der Waals surface area (Å²) in [5.74, 6) is 0.439. The highest BCUT2D eigenvalue weighted by molar-refractivity contribution is 5.74. The van der Waals surface area contributed by atoms with Crippen LogP contribution in [0.2, 0.25) is 0 Å². The highest BCUT2D eigenvalue weighted by atomic mass is 16.4. The normalized spacial score (nSPS) is 53.4. The Kier molecular flexibility index (Phi) is 4.99. The molecule has 3 saturated carbocycles. The van der Waals surface area contributed by atoms with E-state index in [1.807, 2.05) is 6.92 Å². The molecule has 0 aromatic carbocycles. The van der Waals surface area contributed by atoms with E-state index in [1.165, 1.54) is 38.5 Å². The molecule has 5 rings (SSSR count). The van der Waals surface area contributed by atoms with Gasteiger partial charge < -0.3 is 10.2 Å². The van der Waals surface area contributed by atoms with Crippen LogP contribution in [0.3, 0.4) is 0 Å². The molecule has 5 aliphatic rings. The Labute approximate surface area is 201 Å². The molecule has 0 aromatic heterocycles. The lowest BCUT2D eigenvalue weighted by atomic mass is 9.35. The van der Waals surface area contributed by atoms with Crippen LogP contribution in [0.5, 0.6) is 0 Å². The van der Waals surface area contributed by atoms with Crippen molar-refractivity contribution in [3.05, 3.63) is 11.1 Å². The number of aliphatic hydroxyl groups is 1. The third kappa shape index (κ3) is 2.87. The third-order valence-electron chi connectivity index (χ3n) is 13.2. The maximum absolute atomic E-state index is 12.3. The molecule has 0 saturated heterocycles. The standard InChI is InChI=1S/C30H48O3/c1-25(2)21-9-8-20-19(28(21,5)12-11-23(25)31)10-13-30(7)22-18-27(4,24(32)33)15-14-26(22,3)16-17-29(20,30)6/h21-23,31H,8-18H2,1-7H3,(H,32,33)/t21?,22-,23+,26-,27-,28-,29-,30+/m1/s1. The fourth-order valence-electron chi connectivity index (χ4n) is 10.5. The van der Waals surface area contributed by atoms with E-state index in [9.17, 15) is 15.0 Å². The van der Waals surface area contributed by atoms with Gasteiger partial charge in [0.05, 0.1) is 11.5 Å². The van der Waals surface area contributed by atoms with E-state index in [-0.39, 0.29) is 33.2 Å². The van der Waals surface area contributed by atoms with Crippen LogP contribution in [0, 0.1) is 44.3 Å². The van der Waals surface area contributed by atoms with Crippen molar-refractivity contribution in [1.82, 2.24) is 0 Å². The molecule has 3 fully saturated rings. The molecule has 8 atom stereocenters. The summed E-state index contributed by atoms with van der Waals surface area (Å²) in [6.45, 7) is 16.8. The Balaban J connectivity index is 1.59. The molecule has 3 nitrogen and oxygen atoms in total. The summed E-state index contributed by atoms with van der Waals surface area (Å²) in [5.41, 5.74) is 3.74. The van der Waals surface area contributed by atoms with Crippen LogP contribution in [-0.2, 0) is 4.79 Å². The Morgan fingerprint density at radius 1 is 0.788 bits per heavy atom. The fourth-order valence-corrected chi connectivity index (χ4v) is 10.5. The van der Waals surface area contributed by atoms with Crippen molar-refractivity contribution in [2.75, 3.05) is 0 Å². The zero-order valence-corrected chi connectivity index (χ0v) is 22.3. The molecular weight excluding hydrogens is 408 g/mol. The van der Waals surface area contributed by atoms with Gasteiger partial charge in [0.25, 0.3) is 0 Å². The van der Waals surface area contributed by atoms with E-state index >= 15 is 0 Å². The summed E-state index contributed by atoms with van der Waals surface area (Å²) in [7, 11) is 0. The predicted octanol–water partition coefficient (Wildman–Crippen LogP) is 7.38. The molecule has 5 aliphatic carbocycles. The van der Waals surface area contributed by atoms with E-state index in [1.54, 1.807) is 11.1 Å². The zero-order chi connectivity index (χ0) is 24.2. The van der Waals surface area contributed by atoms with Gasteiger partial charge in [-0.05, 0) is 116 Å². The predicted molar refractivity (Wildman–Crippen MR) is 133 cm³/mol. The smallest absolute Gasteiger partial charge is 0.309 e. The quantitative estimate of drug-likeness (QED) is 0.405. The monoisotopic (exact) mass is 456 g/mol. The molecule has 0 bridgehead atoms. The van der Waals surface area contributed by atoms with Crippen molar-refractivity contribution in [3.63, 3.8) is 0 Å². The minimum atomic E-state index is -0.591. The van der Waals surface area contributed by atoms with Gasteiger partial charge in [0, 0.05) is 0 Å². The van der Waals surface area contributed by atoms with Gasteiger partial charge in [-0.2, -0.15) is 0 Å². The lowest BCUT2D eigenvalue weighted by Crippen LogP contribution is -2.61. The maximum Gasteiger partial charge on any atom is 0.309 e. The van der Waals surface area contributed by atoms with Gasteiger partial charge in [0.1, 0.15) is 0 Å². The van der Waals surface area contributed by atoms with Crippen LogP contribution in [0.15, 0.2) is 11.1 Å². The lowest BCUT2D eigenvalue weighted by Gasteiger charge is -2.69. The number of carbonyl (C=O) groups is 1. The Morgan fingerprint density at radius 3 is 2.12 bits per heavy atom. The van der Waals surface area contributed by atoms with Gasteiger partial charge in [0.15, 0.2) is 0 Å². The van der Waals surface area contributed by atoms with Gasteiger partial charge in [-0.3, -0.25) is 4.79 Å². The van der Waals surface area contributed by atoms with Crippen LogP contribution in [0.4, 0.5) is 0 Å². The SMILES string of the molecule is CC1(C)C2CCC3=C(CC[C@@]4(C)[C@@H]5C[C@](C)(C(=O)O)CC[C@]5(C)CC[C@]34C)[C@@]2(C)CC[C@@H]1O. The minimum Gasteiger partial charge on any atom is -0.481 e. The molecule has 33 heavy (non-hydrogen) atoms. The maximum atomic E-state index is 12.3. The van der Waals surface area contributed by atoms with Crippen LogP contribution < -0.4 is 0 Å². The number of aliphatic hydroxyl groups excluding tert-OH is 1. The molecule has 0 radical (unpaired) electrons. The van der Waals surface area contributed by atoms with E-state index in [4.69, 9.17) is 0 Å². The first-order chi connectivity index (χ1) is 15.1. The number of allylic oxidation sites excluding steroid dienone is 2. The van der Waals surface area contributed by atoms with Gasteiger partial charge in [-0.15, -0.1) is 0 Å². The topological polar surface area (TPSA) is 57.5 Å². The lowest BCUT2D eigenvalue weighted by molar-refractivity contribution is -0.175. The van der Waals surface area contributed by atoms with E-state index in [2.05, 4.69) is 41.5 Å². The van der Waals surface area contributed by atoms with Gasteiger partial charge in [0.2, 0.25) is 0 Å². The fraction of sp³-hybridized carbons (Fsp3) is 0.900. The van der Waals surface area contributed by atoms with Gasteiger partial charge >= 0.3 is 5.97 Å². The number of fused-ring (bicyclic) bond motifs is 6. The van der Waals surface area contributed by atoms with Gasteiger partial charge in [-0.1, -0.05) is 52.7 Å². The molecule has 0 heterocycles. The molecule has 2 N–H and O–H groups in total. The van der Waals surface area contributed by atoms with Crippen LogP contribution >= 0.6 is 0 Å². The second-order valence-corrected chi connectivity index (χ2v) is 14.9. The molecule has 186 valence electrons. The molecular formula is C30H48O3. The average molecular weight is 457 g/mol. The molecule has 0 amide bonds. The summed E-state index contributed by atoms with van der Waals surface area (Å²) in [6, 6.07) is 0. The first kappa shape index (κ1) is 23.9. The summed E-state index contributed by atoms with van der Waals surface area (Å²) < 4.78 is 0. The zero-order valence-electron chi connectivity index (χ0n) is 22.3. The van der Waals surface area contributed by atoms with Crippen molar-refractivity contribution in [1.29, 1.82) is 0 Å². The van der Waals surface area contributed by atoms with E-state index in [0.29, 0.717) is 11.8 Å². The highest BCUT2D eigenvalue weighted by Gasteiger charge is 2.66. The molecule has 0 aromatic rings. The molecule has 0 spiro atoms. The third-order valence-corrected chi connectivity index (χ3v) is 13.2. The first-order valence-electron chi connectivity index (χ1n) is 13.8. The first-order valence-corrected chi connectivity index (χ1v) is 13.8. The highest BCUT2D eigenvalue weighted by Crippen LogP contribution is 2.75. The number of aliphatic carboxylic acids is 1. The van der Waals surface area contributed by atoms with Crippen molar-refractivity contribution >= 4 is 5.97 Å². The van der Waals surface area contributed by atoms with Crippen molar-refractivity contribution in [3.8, 4) is 0 Å². The Hall–Kier alpha value is -0.830. The number of hydrogen-bond donors (Lipinski definition) is 2. The number of hydrogen-bond acceptors (Lipinski definition) is 2.